The van der Waals surface area contributed by atoms with Crippen LogP contribution in [0.2, 0.25) is 5.02 Å². The summed E-state index contributed by atoms with van der Waals surface area (Å²) in [6.07, 6.45) is 2.03. The van der Waals surface area contributed by atoms with Gasteiger partial charge < -0.3 is 59.7 Å². The second kappa shape index (κ2) is 30.9. The van der Waals surface area contributed by atoms with E-state index in [0.717, 1.165) is 16.0 Å². The van der Waals surface area contributed by atoms with Crippen molar-refractivity contribution in [3.05, 3.63) is 75.8 Å². The number of primary amides is 1. The maximum atomic E-state index is 14.6. The van der Waals surface area contributed by atoms with Crippen molar-refractivity contribution < 1.29 is 81.5 Å². The van der Waals surface area contributed by atoms with Crippen molar-refractivity contribution in [1.29, 1.82) is 0 Å². The number of hydrogen-bond donors (Lipinski definition) is 5. The Hall–Kier alpha value is -7.41. The molecule has 6 rings (SSSR count). The number of ketones is 2. The van der Waals surface area contributed by atoms with Crippen molar-refractivity contribution in [2.24, 2.45) is 29.4 Å². The van der Waals surface area contributed by atoms with Crippen LogP contribution in [0.15, 0.2) is 54.1 Å². The van der Waals surface area contributed by atoms with Crippen molar-refractivity contribution in [1.82, 2.24) is 25.8 Å². The molecule has 8 amide bonds. The Morgan fingerprint density at radius 1 is 0.955 bits per heavy atom. The molecule has 488 valence electrons. The number of anilines is 1. The maximum absolute atomic E-state index is 14.6. The lowest BCUT2D eigenvalue weighted by atomic mass is 9.83. The fourth-order valence-electron chi connectivity index (χ4n) is 11.7. The lowest BCUT2D eigenvalue weighted by Crippen LogP contribution is -2.63. The van der Waals surface area contributed by atoms with Crippen LogP contribution in [-0.4, -0.2) is 170 Å². The summed E-state index contributed by atoms with van der Waals surface area (Å²) in [4.78, 5) is 138. The Morgan fingerprint density at radius 2 is 1.66 bits per heavy atom. The van der Waals surface area contributed by atoms with Gasteiger partial charge in [-0.25, -0.2) is 14.4 Å². The number of methoxy groups -OCH3 is 3. The molecule has 4 aliphatic rings. The number of halogens is 1. The topological polar surface area (TPSA) is 321 Å². The van der Waals surface area contributed by atoms with Gasteiger partial charge in [-0.2, -0.15) is 0 Å². The number of likely N-dealkylation sites (N-methyl/N-ethyl adjacent to an activating group) is 1. The number of nitrogens with zero attached hydrogens (tertiary/aromatic N) is 3. The van der Waals surface area contributed by atoms with Gasteiger partial charge in [-0.05, 0) is 88.6 Å². The number of hydrogen-bond acceptors (Lipinski definition) is 17. The summed E-state index contributed by atoms with van der Waals surface area (Å²) in [6.45, 7) is 12.5. The number of carbonyl (C=O) groups is 10. The van der Waals surface area contributed by atoms with Crippen molar-refractivity contribution in [3.63, 3.8) is 0 Å². The number of nitrogens with one attached hydrogen (secondary N) is 3. The molecule has 25 heteroatoms. The highest BCUT2D eigenvalue weighted by molar-refractivity contribution is 6.35. The first-order chi connectivity index (χ1) is 42.0. The molecule has 4 aliphatic heterocycles. The number of fused-ring (bicyclic) bond motifs is 5. The van der Waals surface area contributed by atoms with E-state index in [9.17, 15) is 53.1 Å². The number of Topliss-reactive ketones (excluding diaryl/α,β-unsaturated/α-hetero) is 2. The van der Waals surface area contributed by atoms with Crippen molar-refractivity contribution in [2.75, 3.05) is 53.4 Å². The number of unbranched alkanes of at least 4 members (excludes halogenated alkanes) is 2. The fourth-order valence-corrected chi connectivity index (χ4v) is 12.0. The monoisotopic (exact) mass is 1260 g/mol. The van der Waals surface area contributed by atoms with E-state index in [1.54, 1.807) is 58.9 Å². The SMILES string of the molecule is COc1cc(C(=O)N(C)[C@@H](C)C(=O)O[C@H]2CC(=O)N(C)c3cc(cc(OC)c3Cl)C/C(C)=C/C=C/[C@@H](OC)[C@@]3(O)C[C@H](OC(=O)N3)[C@@H](C)[C@@H]3O[C@@]23C)ccc1CC(=O)[C@H](CCCNC(N)=O)NC(=O)[C@@H](CC(=O)CCCCCN1C(=O)CC(C)C1=O)C(C)C. The molecule has 0 radical (unpaired) electrons. The highest BCUT2D eigenvalue weighted by Crippen LogP contribution is 2.49. The molecule has 2 aromatic rings. The molecule has 11 atom stereocenters. The quantitative estimate of drug-likeness (QED) is 0.0326. The number of esters is 1. The number of carbonyl (C=O) groups excluding carboxylic acids is 10. The molecule has 1 unspecified atom stereocenters. The van der Waals surface area contributed by atoms with Gasteiger partial charge >= 0.3 is 18.1 Å². The molecule has 0 aromatic heterocycles. The Morgan fingerprint density at radius 3 is 2.30 bits per heavy atom. The molecule has 89 heavy (non-hydrogen) atoms. The predicted molar refractivity (Wildman–Crippen MR) is 328 cm³/mol. The van der Waals surface area contributed by atoms with Crippen LogP contribution < -0.4 is 36.1 Å². The summed E-state index contributed by atoms with van der Waals surface area (Å²) in [5.41, 5.74) is 4.34. The Kier molecular flexibility index (Phi) is 24.5. The number of allylic oxidation sites excluding steroid dienone is 3. The summed E-state index contributed by atoms with van der Waals surface area (Å²) in [6, 6.07) is 4.77. The molecule has 0 saturated carbocycles. The molecule has 6 N–H and O–H groups in total. The highest BCUT2D eigenvalue weighted by atomic mass is 35.5. The molecule has 24 nitrogen and oxygen atoms in total. The van der Waals surface area contributed by atoms with Crippen LogP contribution >= 0.6 is 11.6 Å². The Balaban J connectivity index is 1.17. The third-order valence-electron chi connectivity index (χ3n) is 17.4. The van der Waals surface area contributed by atoms with Gasteiger partial charge in [-0.15, -0.1) is 0 Å². The molecule has 4 bridgehead atoms. The van der Waals surface area contributed by atoms with E-state index in [-0.39, 0.29) is 97.3 Å². The average molecular weight is 1260 g/mol. The van der Waals surface area contributed by atoms with Gasteiger partial charge in [-0.3, -0.25) is 43.8 Å². The third kappa shape index (κ3) is 17.7. The number of amides is 8. The van der Waals surface area contributed by atoms with Crippen LogP contribution in [0.1, 0.15) is 134 Å². The van der Waals surface area contributed by atoms with Gasteiger partial charge in [0.05, 0.1) is 38.5 Å². The zero-order chi connectivity index (χ0) is 65.8. The normalized spacial score (nSPS) is 25.7. The van der Waals surface area contributed by atoms with E-state index in [1.165, 1.54) is 70.3 Å². The van der Waals surface area contributed by atoms with Crippen LogP contribution in [0.3, 0.4) is 0 Å². The summed E-state index contributed by atoms with van der Waals surface area (Å²) in [5, 5.41) is 20.0. The third-order valence-corrected chi connectivity index (χ3v) is 17.8. The van der Waals surface area contributed by atoms with Crippen molar-refractivity contribution in [2.45, 2.75) is 173 Å². The smallest absolute Gasteiger partial charge is 0.409 e. The molecule has 0 aliphatic carbocycles. The van der Waals surface area contributed by atoms with Crippen LogP contribution in [0.4, 0.5) is 15.3 Å². The fraction of sp³-hybridized carbons (Fsp3) is 0.594. The number of imide groups is 1. The first-order valence-corrected chi connectivity index (χ1v) is 30.6. The average Bonchev–Trinajstić information content (AvgIpc) is 1.59. The van der Waals surface area contributed by atoms with Crippen LogP contribution in [-0.2, 0) is 65.4 Å². The summed E-state index contributed by atoms with van der Waals surface area (Å²) >= 11 is 6.86. The zero-order valence-corrected chi connectivity index (χ0v) is 53.8. The van der Waals surface area contributed by atoms with Gasteiger partial charge in [0.2, 0.25) is 23.6 Å². The minimum absolute atomic E-state index is 0.0662. The van der Waals surface area contributed by atoms with E-state index in [2.05, 4.69) is 16.0 Å². The van der Waals surface area contributed by atoms with E-state index in [0.29, 0.717) is 49.2 Å². The zero-order valence-electron chi connectivity index (χ0n) is 53.1. The number of epoxide rings is 1. The van der Waals surface area contributed by atoms with Crippen LogP contribution in [0.25, 0.3) is 0 Å². The van der Waals surface area contributed by atoms with E-state index >= 15 is 0 Å². The predicted octanol–water partition coefficient (Wildman–Crippen LogP) is 6.07. The second-order valence-electron chi connectivity index (χ2n) is 24.4. The Bertz CT molecular complexity index is 3060. The standard InChI is InChI=1S/C64H88ClN7O17/c1-35(2)44(32-43(73)19-14-13-15-25-72-54(76)27-37(4)58(72)78)57(77)68-45(20-17-24-67-61(66)81)47(74)30-41-22-23-42(31-48(41)84-10)59(79)70(8)39(6)60(80)88-52-33-53(75)71(9)46-28-40(29-49(85-11)55(46)65)26-36(3)18-16-21-51(86-12)64(83)34-50(87-62(82)69-64)38(5)56-63(52,7)89-56/h16,18,21-23,28-29,31,35,37-39,44-45,50-52,56,83H,13-15,17,19-20,24-27,30,32-34H2,1-12H3,(H,68,77)(H,69,82)(H3,66,67,81)/b21-16+,36-18+/t37?,38-,39+,44+,45+,50+,51-,52+,56+,63+,64+/m1/s1. The molecule has 3 saturated heterocycles. The largest absolute Gasteiger partial charge is 0.496 e. The molecular weight excluding hydrogens is 1170 g/mol. The van der Waals surface area contributed by atoms with Crippen LogP contribution in [0.5, 0.6) is 11.5 Å². The number of ether oxygens (including phenoxy) is 6. The number of aliphatic hydroxyl groups is 1. The molecule has 0 spiro atoms. The van der Waals surface area contributed by atoms with Gasteiger partial charge in [0.1, 0.15) is 52.3 Å². The van der Waals surface area contributed by atoms with Crippen LogP contribution in [0, 0.1) is 23.7 Å². The van der Waals surface area contributed by atoms with Gasteiger partial charge in [0, 0.05) is 95.3 Å². The van der Waals surface area contributed by atoms with Crippen molar-refractivity contribution >= 4 is 76.5 Å². The first kappa shape index (κ1) is 70.7. The van der Waals surface area contributed by atoms with E-state index in [4.69, 9.17) is 45.8 Å². The number of urea groups is 1. The van der Waals surface area contributed by atoms with Gasteiger partial charge in [0.25, 0.3) is 5.91 Å². The minimum atomic E-state index is -1.92. The highest BCUT2D eigenvalue weighted by Gasteiger charge is 2.64. The Labute approximate surface area is 525 Å². The summed E-state index contributed by atoms with van der Waals surface area (Å²) < 4.78 is 35.3. The van der Waals surface area contributed by atoms with Crippen molar-refractivity contribution in [3.8, 4) is 11.5 Å². The molecule has 4 heterocycles. The molecule has 3 fully saturated rings. The number of likely N-dealkylation sites (tertiary alicyclic amines) is 1. The minimum Gasteiger partial charge on any atom is -0.496 e. The van der Waals surface area contributed by atoms with E-state index < -0.39 is 108 Å². The maximum Gasteiger partial charge on any atom is 0.409 e. The first-order valence-electron chi connectivity index (χ1n) is 30.2. The number of rotatable bonds is 25. The van der Waals surface area contributed by atoms with Gasteiger partial charge in [0.15, 0.2) is 11.5 Å². The van der Waals surface area contributed by atoms with E-state index in [1.807, 2.05) is 13.0 Å². The second-order valence-corrected chi connectivity index (χ2v) is 24.8. The summed E-state index contributed by atoms with van der Waals surface area (Å²) in [7, 11) is 7.12. The van der Waals surface area contributed by atoms with Gasteiger partial charge in [-0.1, -0.05) is 75.6 Å². The summed E-state index contributed by atoms with van der Waals surface area (Å²) in [5.74, 6) is -5.14. The number of benzene rings is 2. The molecule has 2 aromatic carbocycles. The lowest BCUT2D eigenvalue weighted by molar-refractivity contribution is -0.158. The lowest BCUT2D eigenvalue weighted by Gasteiger charge is -2.42. The number of alkyl carbamates (subject to hydrolysis) is 1. The number of nitrogens with two attached hydrogens (primary N) is 1. The molecular formula is C64H88ClN7O17.